The Bertz CT molecular complexity index is 543. The van der Waals surface area contributed by atoms with E-state index in [4.69, 9.17) is 5.73 Å². The first kappa shape index (κ1) is 10.7. The van der Waals surface area contributed by atoms with Crippen LogP contribution in [0.2, 0.25) is 0 Å². The van der Waals surface area contributed by atoms with E-state index in [-0.39, 0.29) is 0 Å². The van der Waals surface area contributed by atoms with Gasteiger partial charge in [0.25, 0.3) is 0 Å². The summed E-state index contributed by atoms with van der Waals surface area (Å²) in [6.45, 7) is 0. The van der Waals surface area contributed by atoms with Gasteiger partial charge < -0.3 is 5.73 Å². The first-order valence-corrected chi connectivity index (χ1v) is 6.87. The Morgan fingerprint density at radius 3 is 2.65 bits per heavy atom. The van der Waals surface area contributed by atoms with Gasteiger partial charge in [0.05, 0.1) is 6.20 Å². The number of benzene rings is 1. The topological polar surface area (TPSA) is 43.8 Å². The summed E-state index contributed by atoms with van der Waals surface area (Å²) >= 11 is 2.00. The second-order valence-electron chi connectivity index (χ2n) is 4.39. The van der Waals surface area contributed by atoms with E-state index in [1.54, 1.807) is 4.68 Å². The van der Waals surface area contributed by atoms with Crippen molar-refractivity contribution in [2.24, 2.45) is 7.05 Å². The van der Waals surface area contributed by atoms with Crippen LogP contribution in [0.5, 0.6) is 0 Å². The number of nitrogens with zero attached hydrogens (tertiary/aromatic N) is 2. The molecule has 1 aliphatic heterocycles. The van der Waals surface area contributed by atoms with Crippen molar-refractivity contribution in [1.82, 2.24) is 9.78 Å². The number of hydrogen-bond donors (Lipinski definition) is 1. The highest BCUT2D eigenvalue weighted by atomic mass is 32.2. The van der Waals surface area contributed by atoms with Crippen molar-refractivity contribution in [2.45, 2.75) is 5.92 Å². The largest absolute Gasteiger partial charge is 0.383 e. The smallest absolute Gasteiger partial charge is 0.129 e. The fourth-order valence-electron chi connectivity index (χ4n) is 2.17. The monoisotopic (exact) mass is 245 g/mol. The Hall–Kier alpha value is -1.42. The van der Waals surface area contributed by atoms with Crippen LogP contribution < -0.4 is 5.73 Å². The van der Waals surface area contributed by atoms with Crippen molar-refractivity contribution in [3.8, 4) is 11.1 Å². The molecule has 3 nitrogen and oxygen atoms in total. The number of aromatic nitrogens is 2. The van der Waals surface area contributed by atoms with Crippen LogP contribution in [0.1, 0.15) is 11.5 Å². The number of anilines is 1. The summed E-state index contributed by atoms with van der Waals surface area (Å²) in [7, 11) is 1.88. The fraction of sp³-hybridized carbons (Fsp3) is 0.308. The summed E-state index contributed by atoms with van der Waals surface area (Å²) in [6.07, 6.45) is 1.86. The predicted molar refractivity (Wildman–Crippen MR) is 73.1 cm³/mol. The maximum Gasteiger partial charge on any atom is 0.129 e. The molecule has 1 saturated heterocycles. The lowest BCUT2D eigenvalue weighted by Crippen LogP contribution is -2.16. The molecule has 1 fully saturated rings. The minimum atomic E-state index is 0.677. The Kier molecular flexibility index (Phi) is 2.59. The first-order valence-electron chi connectivity index (χ1n) is 5.72. The van der Waals surface area contributed by atoms with E-state index in [2.05, 4.69) is 29.4 Å². The van der Waals surface area contributed by atoms with E-state index < -0.39 is 0 Å². The standard InChI is InChI=1S/C13H15N3S/c1-16-13(14)12(6-15-16)11-5-3-2-4-10(11)9-7-17-8-9/h2-6,9H,7-8,14H2,1H3. The van der Waals surface area contributed by atoms with Crippen molar-refractivity contribution in [2.75, 3.05) is 17.2 Å². The molecule has 0 amide bonds. The number of thioether (sulfide) groups is 1. The third-order valence-corrected chi connectivity index (χ3v) is 4.59. The summed E-state index contributed by atoms with van der Waals surface area (Å²) in [5, 5.41) is 4.22. The lowest BCUT2D eigenvalue weighted by molar-refractivity contribution is 0.779. The van der Waals surface area contributed by atoms with E-state index in [0.717, 1.165) is 11.4 Å². The molecule has 3 rings (SSSR count). The van der Waals surface area contributed by atoms with Crippen molar-refractivity contribution in [3.05, 3.63) is 36.0 Å². The van der Waals surface area contributed by atoms with Crippen LogP contribution in [0.3, 0.4) is 0 Å². The maximum atomic E-state index is 6.06. The van der Waals surface area contributed by atoms with Crippen LogP contribution in [0.25, 0.3) is 11.1 Å². The average molecular weight is 245 g/mol. The lowest BCUT2D eigenvalue weighted by Gasteiger charge is -2.27. The highest BCUT2D eigenvalue weighted by Crippen LogP contribution is 2.40. The van der Waals surface area contributed by atoms with Crippen LogP contribution in [0, 0.1) is 0 Å². The van der Waals surface area contributed by atoms with Crippen LogP contribution >= 0.6 is 11.8 Å². The van der Waals surface area contributed by atoms with Crippen molar-refractivity contribution in [1.29, 1.82) is 0 Å². The Balaban J connectivity index is 2.10. The van der Waals surface area contributed by atoms with Gasteiger partial charge in [-0.15, -0.1) is 0 Å². The predicted octanol–water partition coefficient (Wildman–Crippen LogP) is 2.50. The van der Waals surface area contributed by atoms with E-state index >= 15 is 0 Å². The molecule has 1 aliphatic rings. The molecule has 0 unspecified atom stereocenters. The molecule has 1 aromatic heterocycles. The highest BCUT2D eigenvalue weighted by molar-refractivity contribution is 8.00. The van der Waals surface area contributed by atoms with E-state index in [0.29, 0.717) is 5.92 Å². The molecular weight excluding hydrogens is 230 g/mol. The molecule has 88 valence electrons. The number of aryl methyl sites for hydroxylation is 1. The SMILES string of the molecule is Cn1ncc(-c2ccccc2C2CSC2)c1N. The zero-order valence-electron chi connectivity index (χ0n) is 9.76. The third kappa shape index (κ3) is 1.72. The molecule has 2 aromatic rings. The van der Waals surface area contributed by atoms with E-state index in [1.807, 2.05) is 25.0 Å². The van der Waals surface area contributed by atoms with Crippen molar-refractivity contribution < 1.29 is 0 Å². The van der Waals surface area contributed by atoms with Crippen molar-refractivity contribution >= 4 is 17.6 Å². The number of rotatable bonds is 2. The normalized spacial score (nSPS) is 15.8. The van der Waals surface area contributed by atoms with Gasteiger partial charge in [-0.3, -0.25) is 4.68 Å². The molecule has 2 heterocycles. The van der Waals surface area contributed by atoms with E-state index in [9.17, 15) is 0 Å². The van der Waals surface area contributed by atoms with Gasteiger partial charge >= 0.3 is 0 Å². The summed E-state index contributed by atoms with van der Waals surface area (Å²) in [6, 6.07) is 8.53. The molecule has 1 aromatic carbocycles. The maximum absolute atomic E-state index is 6.06. The van der Waals surface area contributed by atoms with Crippen LogP contribution in [-0.2, 0) is 7.05 Å². The molecule has 0 bridgehead atoms. The summed E-state index contributed by atoms with van der Waals surface area (Å²) in [4.78, 5) is 0. The molecule has 0 spiro atoms. The zero-order chi connectivity index (χ0) is 11.8. The molecular formula is C13H15N3S. The number of nitrogen functional groups attached to an aromatic ring is 1. The Morgan fingerprint density at radius 2 is 2.06 bits per heavy atom. The summed E-state index contributed by atoms with van der Waals surface area (Å²) < 4.78 is 1.72. The fourth-order valence-corrected chi connectivity index (χ4v) is 3.00. The molecule has 4 heteroatoms. The summed E-state index contributed by atoms with van der Waals surface area (Å²) in [5.41, 5.74) is 9.76. The first-order chi connectivity index (χ1) is 8.27. The van der Waals surface area contributed by atoms with E-state index in [1.165, 1.54) is 22.6 Å². The second-order valence-corrected chi connectivity index (χ2v) is 5.46. The van der Waals surface area contributed by atoms with Crippen LogP contribution in [0.15, 0.2) is 30.5 Å². The zero-order valence-corrected chi connectivity index (χ0v) is 10.6. The van der Waals surface area contributed by atoms with Gasteiger partial charge in [0.2, 0.25) is 0 Å². The van der Waals surface area contributed by atoms with Gasteiger partial charge in [-0.2, -0.15) is 16.9 Å². The van der Waals surface area contributed by atoms with Crippen LogP contribution in [0.4, 0.5) is 5.82 Å². The number of hydrogen-bond acceptors (Lipinski definition) is 3. The molecule has 0 saturated carbocycles. The molecule has 0 atom stereocenters. The minimum absolute atomic E-state index is 0.677. The molecule has 2 N–H and O–H groups in total. The van der Waals surface area contributed by atoms with Crippen LogP contribution in [-0.4, -0.2) is 21.3 Å². The van der Waals surface area contributed by atoms with Gasteiger partial charge in [-0.05, 0) is 11.1 Å². The third-order valence-electron chi connectivity index (χ3n) is 3.31. The molecule has 0 radical (unpaired) electrons. The average Bonchev–Trinajstić information content (AvgIpc) is 2.59. The van der Waals surface area contributed by atoms with Gasteiger partial charge in [-0.25, -0.2) is 0 Å². The van der Waals surface area contributed by atoms with Gasteiger partial charge in [0, 0.05) is 30.0 Å². The number of nitrogens with two attached hydrogens (primary N) is 1. The Morgan fingerprint density at radius 1 is 1.29 bits per heavy atom. The quantitative estimate of drug-likeness (QED) is 0.884. The minimum Gasteiger partial charge on any atom is -0.383 e. The lowest BCUT2D eigenvalue weighted by atomic mass is 9.93. The highest BCUT2D eigenvalue weighted by Gasteiger charge is 2.24. The molecule has 17 heavy (non-hydrogen) atoms. The Labute approximate surface area is 105 Å². The van der Waals surface area contributed by atoms with Gasteiger partial charge in [0.15, 0.2) is 0 Å². The van der Waals surface area contributed by atoms with Crippen molar-refractivity contribution in [3.63, 3.8) is 0 Å². The van der Waals surface area contributed by atoms with Gasteiger partial charge in [-0.1, -0.05) is 24.3 Å². The molecule has 0 aliphatic carbocycles. The summed E-state index contributed by atoms with van der Waals surface area (Å²) in [5.74, 6) is 3.86. The second kappa shape index (κ2) is 4.11. The van der Waals surface area contributed by atoms with Gasteiger partial charge in [0.1, 0.15) is 5.82 Å².